The molecule has 0 fully saturated rings. The molecule has 0 radical (unpaired) electrons. The molecule has 0 saturated carbocycles. The average molecular weight is 444 g/mol. The highest BCUT2D eigenvalue weighted by atomic mass is 32.2. The van der Waals surface area contributed by atoms with Crippen LogP contribution in [0.1, 0.15) is 35.9 Å². The lowest BCUT2D eigenvalue weighted by Crippen LogP contribution is -2.04. The first-order chi connectivity index (χ1) is 15.5. The molecule has 0 N–H and O–H groups in total. The van der Waals surface area contributed by atoms with Crippen molar-refractivity contribution in [3.05, 3.63) is 106 Å². The summed E-state index contributed by atoms with van der Waals surface area (Å²) in [5.74, 6) is 0.948. The maximum atomic E-state index is 13.1. The van der Waals surface area contributed by atoms with Gasteiger partial charge in [-0.05, 0) is 30.0 Å². The molecule has 0 aliphatic rings. The third-order valence-corrected chi connectivity index (χ3v) is 5.83. The van der Waals surface area contributed by atoms with Crippen molar-refractivity contribution in [1.82, 2.24) is 9.55 Å². The smallest absolute Gasteiger partial charge is 0.270 e. The Hall–Kier alpha value is -3.71. The number of hydrogen-bond donors (Lipinski definition) is 0. The van der Waals surface area contributed by atoms with Gasteiger partial charge in [0, 0.05) is 34.9 Å². The molecular formula is C25H21N3O3S. The van der Waals surface area contributed by atoms with E-state index in [0.717, 1.165) is 34.5 Å². The van der Waals surface area contributed by atoms with Gasteiger partial charge in [-0.15, -0.1) is 0 Å². The van der Waals surface area contributed by atoms with Crippen molar-refractivity contribution in [2.45, 2.75) is 24.8 Å². The minimum Gasteiger partial charge on any atom is -0.295 e. The topological polar surface area (TPSA) is 78.0 Å². The summed E-state index contributed by atoms with van der Waals surface area (Å²) in [5, 5.41) is 11.4. The van der Waals surface area contributed by atoms with E-state index in [1.54, 1.807) is 6.07 Å². The first kappa shape index (κ1) is 21.5. The van der Waals surface area contributed by atoms with E-state index in [1.165, 1.54) is 18.2 Å². The number of nitrogens with zero attached hydrogens (tertiary/aromatic N) is 3. The summed E-state index contributed by atoms with van der Waals surface area (Å²) in [4.78, 5) is 28.6. The number of aromatic nitrogens is 2. The minimum absolute atomic E-state index is 0.111. The molecule has 0 aliphatic heterocycles. The maximum absolute atomic E-state index is 13.1. The van der Waals surface area contributed by atoms with E-state index in [9.17, 15) is 14.9 Å². The normalized spacial score (nSPS) is 11.0. The predicted molar refractivity (Wildman–Crippen MR) is 126 cm³/mol. The van der Waals surface area contributed by atoms with Crippen molar-refractivity contribution in [2.24, 2.45) is 0 Å². The molecular weight excluding hydrogens is 422 g/mol. The molecule has 0 aliphatic carbocycles. The maximum Gasteiger partial charge on any atom is 0.270 e. The SMILES string of the molecule is CC(C)c1nc(SC(=O)c2cccc([N+](=O)[O-])c2)c(-c2ccccc2)n1-c1ccccc1. The second kappa shape index (κ2) is 9.20. The summed E-state index contributed by atoms with van der Waals surface area (Å²) in [5.41, 5.74) is 2.87. The van der Waals surface area contributed by atoms with E-state index in [1.807, 2.05) is 60.7 Å². The largest absolute Gasteiger partial charge is 0.295 e. The van der Waals surface area contributed by atoms with Crippen molar-refractivity contribution in [3.8, 4) is 16.9 Å². The molecule has 1 aromatic heterocycles. The van der Waals surface area contributed by atoms with Crippen LogP contribution in [0.2, 0.25) is 0 Å². The molecule has 4 rings (SSSR count). The average Bonchev–Trinajstić information content (AvgIpc) is 3.19. The number of para-hydroxylation sites is 1. The fraction of sp³-hybridized carbons (Fsp3) is 0.120. The summed E-state index contributed by atoms with van der Waals surface area (Å²) in [6, 6.07) is 25.5. The van der Waals surface area contributed by atoms with E-state index in [4.69, 9.17) is 4.98 Å². The van der Waals surface area contributed by atoms with Crippen LogP contribution in [0, 0.1) is 10.1 Å². The molecule has 3 aromatic carbocycles. The molecule has 0 bridgehead atoms. The van der Waals surface area contributed by atoms with Crippen molar-refractivity contribution in [1.29, 1.82) is 0 Å². The lowest BCUT2D eigenvalue weighted by atomic mass is 10.1. The number of carbonyl (C=O) groups is 1. The molecule has 160 valence electrons. The van der Waals surface area contributed by atoms with Gasteiger partial charge in [-0.3, -0.25) is 19.5 Å². The van der Waals surface area contributed by atoms with Gasteiger partial charge < -0.3 is 0 Å². The predicted octanol–water partition coefficient (Wildman–Crippen LogP) is 6.50. The van der Waals surface area contributed by atoms with Crippen LogP contribution in [0.3, 0.4) is 0 Å². The Bertz CT molecular complexity index is 1270. The van der Waals surface area contributed by atoms with E-state index in [-0.39, 0.29) is 22.3 Å². The molecule has 0 amide bonds. The molecule has 0 unspecified atom stereocenters. The quantitative estimate of drug-likeness (QED) is 0.193. The molecule has 4 aromatic rings. The van der Waals surface area contributed by atoms with Crippen LogP contribution >= 0.6 is 11.8 Å². The number of thioether (sulfide) groups is 1. The van der Waals surface area contributed by atoms with Gasteiger partial charge in [0.1, 0.15) is 10.9 Å². The number of imidazole rings is 1. The van der Waals surface area contributed by atoms with Crippen LogP contribution in [-0.2, 0) is 0 Å². The van der Waals surface area contributed by atoms with Crippen LogP contribution < -0.4 is 0 Å². The van der Waals surface area contributed by atoms with Gasteiger partial charge in [0.2, 0.25) is 5.12 Å². The molecule has 6 nitrogen and oxygen atoms in total. The molecule has 32 heavy (non-hydrogen) atoms. The zero-order valence-corrected chi connectivity index (χ0v) is 18.5. The van der Waals surface area contributed by atoms with Gasteiger partial charge in [-0.1, -0.05) is 68.4 Å². The number of nitro groups is 1. The monoisotopic (exact) mass is 443 g/mol. The fourth-order valence-corrected chi connectivity index (χ4v) is 4.32. The molecule has 0 saturated heterocycles. The van der Waals surface area contributed by atoms with Gasteiger partial charge in [0.15, 0.2) is 0 Å². The van der Waals surface area contributed by atoms with Crippen molar-refractivity contribution < 1.29 is 9.72 Å². The zero-order valence-electron chi connectivity index (χ0n) is 17.6. The number of hydrogen-bond acceptors (Lipinski definition) is 5. The lowest BCUT2D eigenvalue weighted by Gasteiger charge is -2.14. The highest BCUT2D eigenvalue weighted by Gasteiger charge is 2.24. The Kier molecular flexibility index (Phi) is 6.18. The van der Waals surface area contributed by atoms with Crippen LogP contribution in [-0.4, -0.2) is 19.6 Å². The van der Waals surface area contributed by atoms with E-state index < -0.39 is 4.92 Å². The Morgan fingerprint density at radius 2 is 1.62 bits per heavy atom. The van der Waals surface area contributed by atoms with E-state index >= 15 is 0 Å². The van der Waals surface area contributed by atoms with Crippen molar-refractivity contribution >= 4 is 22.6 Å². The molecule has 7 heteroatoms. The van der Waals surface area contributed by atoms with Crippen LogP contribution in [0.25, 0.3) is 16.9 Å². The third-order valence-electron chi connectivity index (χ3n) is 4.93. The number of benzene rings is 3. The van der Waals surface area contributed by atoms with Gasteiger partial charge in [-0.25, -0.2) is 4.98 Å². The Balaban J connectivity index is 1.86. The number of carbonyl (C=O) groups excluding carboxylic acids is 1. The summed E-state index contributed by atoms with van der Waals surface area (Å²) >= 11 is 0.992. The Labute approximate surface area is 190 Å². The highest BCUT2D eigenvalue weighted by Crippen LogP contribution is 2.38. The van der Waals surface area contributed by atoms with E-state index in [2.05, 4.69) is 18.4 Å². The summed E-state index contributed by atoms with van der Waals surface area (Å²) in [6.45, 7) is 4.13. The van der Waals surface area contributed by atoms with Crippen LogP contribution in [0.4, 0.5) is 5.69 Å². The summed E-state index contributed by atoms with van der Waals surface area (Å²) < 4.78 is 2.09. The van der Waals surface area contributed by atoms with Gasteiger partial charge in [0.05, 0.1) is 10.6 Å². The van der Waals surface area contributed by atoms with Crippen molar-refractivity contribution in [2.75, 3.05) is 0 Å². The zero-order chi connectivity index (χ0) is 22.7. The molecule has 1 heterocycles. The second-order valence-electron chi connectivity index (χ2n) is 7.51. The first-order valence-electron chi connectivity index (χ1n) is 10.2. The number of nitro benzene ring substituents is 1. The minimum atomic E-state index is -0.502. The second-order valence-corrected chi connectivity index (χ2v) is 8.47. The summed E-state index contributed by atoms with van der Waals surface area (Å²) in [6.07, 6.45) is 0. The molecule has 0 atom stereocenters. The van der Waals surface area contributed by atoms with Gasteiger partial charge in [0.25, 0.3) is 5.69 Å². The first-order valence-corrected chi connectivity index (χ1v) is 11.0. The molecule has 0 spiro atoms. The third kappa shape index (κ3) is 4.33. The standard InChI is InChI=1S/C25H21N3O3S/c1-17(2)23-26-24(32-25(29)19-12-9-15-21(16-19)28(30)31)22(18-10-5-3-6-11-18)27(23)20-13-7-4-8-14-20/h3-17H,1-2H3. The van der Waals surface area contributed by atoms with E-state index in [0.29, 0.717) is 5.03 Å². The van der Waals surface area contributed by atoms with Crippen molar-refractivity contribution in [3.63, 3.8) is 0 Å². The highest BCUT2D eigenvalue weighted by molar-refractivity contribution is 8.14. The van der Waals surface area contributed by atoms with Gasteiger partial charge in [-0.2, -0.15) is 0 Å². The fourth-order valence-electron chi connectivity index (χ4n) is 3.46. The lowest BCUT2D eigenvalue weighted by molar-refractivity contribution is -0.384. The van der Waals surface area contributed by atoms with Gasteiger partial charge >= 0.3 is 0 Å². The van der Waals surface area contributed by atoms with Crippen LogP contribution in [0.15, 0.2) is 90.0 Å². The summed E-state index contributed by atoms with van der Waals surface area (Å²) in [7, 11) is 0. The Morgan fingerprint density at radius 1 is 0.969 bits per heavy atom. The Morgan fingerprint density at radius 3 is 2.25 bits per heavy atom. The number of rotatable bonds is 6. The van der Waals surface area contributed by atoms with Crippen LogP contribution in [0.5, 0.6) is 0 Å². The number of non-ortho nitro benzene ring substituents is 1.